The minimum Gasteiger partial charge on any atom is -0.383 e. The van der Waals surface area contributed by atoms with Crippen molar-refractivity contribution in [3.63, 3.8) is 0 Å². The number of rotatable bonds is 7. The molecular weight excluding hydrogens is 278 g/mol. The first-order chi connectivity index (χ1) is 9.57. The SMILES string of the molecule is COCCNS(=O)(=O)NCc1cccc(C#CCN)c1. The Labute approximate surface area is 119 Å². The molecule has 0 radical (unpaired) electrons. The van der Waals surface area contributed by atoms with Crippen molar-refractivity contribution in [2.45, 2.75) is 6.54 Å². The van der Waals surface area contributed by atoms with Gasteiger partial charge in [-0.25, -0.2) is 0 Å². The van der Waals surface area contributed by atoms with E-state index >= 15 is 0 Å². The highest BCUT2D eigenvalue weighted by Crippen LogP contribution is 2.04. The first-order valence-corrected chi connectivity index (χ1v) is 7.57. The van der Waals surface area contributed by atoms with Crippen LogP contribution in [0.2, 0.25) is 0 Å². The number of ether oxygens (including phenoxy) is 1. The van der Waals surface area contributed by atoms with Gasteiger partial charge in [0.1, 0.15) is 0 Å². The number of nitrogens with one attached hydrogen (secondary N) is 2. The average molecular weight is 297 g/mol. The second kappa shape index (κ2) is 8.68. The minimum absolute atomic E-state index is 0.195. The number of methoxy groups -OCH3 is 1. The van der Waals surface area contributed by atoms with Gasteiger partial charge in [0.25, 0.3) is 10.2 Å². The lowest BCUT2D eigenvalue weighted by Crippen LogP contribution is -2.37. The molecule has 0 bridgehead atoms. The van der Waals surface area contributed by atoms with Gasteiger partial charge in [-0.1, -0.05) is 24.0 Å². The Morgan fingerprint density at radius 2 is 2.15 bits per heavy atom. The molecule has 110 valence electrons. The van der Waals surface area contributed by atoms with Crippen LogP contribution in [0.5, 0.6) is 0 Å². The molecule has 0 saturated heterocycles. The Hall–Kier alpha value is -1.43. The van der Waals surface area contributed by atoms with Crippen LogP contribution in [0, 0.1) is 11.8 Å². The summed E-state index contributed by atoms with van der Waals surface area (Å²) >= 11 is 0. The Morgan fingerprint density at radius 3 is 2.85 bits per heavy atom. The molecule has 1 aromatic rings. The van der Waals surface area contributed by atoms with Crippen molar-refractivity contribution >= 4 is 10.2 Å². The van der Waals surface area contributed by atoms with E-state index in [0.29, 0.717) is 13.2 Å². The topological polar surface area (TPSA) is 93.4 Å². The lowest BCUT2D eigenvalue weighted by molar-refractivity contribution is 0.204. The zero-order valence-electron chi connectivity index (χ0n) is 11.3. The molecule has 6 nitrogen and oxygen atoms in total. The molecule has 0 spiro atoms. The van der Waals surface area contributed by atoms with Crippen molar-refractivity contribution in [1.82, 2.24) is 9.44 Å². The van der Waals surface area contributed by atoms with Gasteiger partial charge < -0.3 is 10.5 Å². The molecule has 0 amide bonds. The highest BCUT2D eigenvalue weighted by molar-refractivity contribution is 7.87. The Morgan fingerprint density at radius 1 is 1.35 bits per heavy atom. The monoisotopic (exact) mass is 297 g/mol. The Balaban J connectivity index is 2.56. The van der Waals surface area contributed by atoms with Crippen LogP contribution in [0.3, 0.4) is 0 Å². The van der Waals surface area contributed by atoms with Crippen molar-refractivity contribution in [2.75, 3.05) is 26.8 Å². The molecule has 1 rings (SSSR count). The van der Waals surface area contributed by atoms with Crippen LogP contribution in [0.1, 0.15) is 11.1 Å². The van der Waals surface area contributed by atoms with Gasteiger partial charge in [-0.15, -0.1) is 0 Å². The zero-order valence-corrected chi connectivity index (χ0v) is 12.2. The summed E-state index contributed by atoms with van der Waals surface area (Å²) in [7, 11) is -2.01. The Kier molecular flexibility index (Phi) is 7.22. The maximum absolute atomic E-state index is 11.6. The summed E-state index contributed by atoms with van der Waals surface area (Å²) in [5, 5.41) is 0. The van der Waals surface area contributed by atoms with E-state index in [4.69, 9.17) is 10.5 Å². The first kappa shape index (κ1) is 16.6. The van der Waals surface area contributed by atoms with Crippen LogP contribution >= 0.6 is 0 Å². The van der Waals surface area contributed by atoms with Gasteiger partial charge in [-0.3, -0.25) is 0 Å². The van der Waals surface area contributed by atoms with E-state index in [2.05, 4.69) is 21.3 Å². The van der Waals surface area contributed by atoms with Gasteiger partial charge in [0.05, 0.1) is 13.2 Å². The van der Waals surface area contributed by atoms with Gasteiger partial charge in [0.15, 0.2) is 0 Å². The number of hydrogen-bond acceptors (Lipinski definition) is 4. The third kappa shape index (κ3) is 6.65. The molecule has 0 aliphatic rings. The maximum Gasteiger partial charge on any atom is 0.277 e. The lowest BCUT2D eigenvalue weighted by Gasteiger charge is -2.08. The Bertz CT molecular complexity index is 576. The van der Waals surface area contributed by atoms with E-state index in [0.717, 1.165) is 11.1 Å². The molecule has 0 heterocycles. The van der Waals surface area contributed by atoms with E-state index in [1.54, 1.807) is 0 Å². The molecule has 0 aromatic heterocycles. The van der Waals surface area contributed by atoms with Crippen molar-refractivity contribution in [3.8, 4) is 11.8 Å². The fourth-order valence-electron chi connectivity index (χ4n) is 1.42. The van der Waals surface area contributed by atoms with E-state index in [1.165, 1.54) is 7.11 Å². The second-order valence-electron chi connectivity index (χ2n) is 3.92. The molecule has 0 unspecified atom stereocenters. The number of benzene rings is 1. The van der Waals surface area contributed by atoms with E-state index in [1.807, 2.05) is 24.3 Å². The van der Waals surface area contributed by atoms with Crippen LogP contribution < -0.4 is 15.2 Å². The predicted molar refractivity (Wildman–Crippen MR) is 78.0 cm³/mol. The summed E-state index contributed by atoms with van der Waals surface area (Å²) in [4.78, 5) is 0. The van der Waals surface area contributed by atoms with E-state index in [-0.39, 0.29) is 13.1 Å². The van der Waals surface area contributed by atoms with Crippen molar-refractivity contribution < 1.29 is 13.2 Å². The molecule has 0 fully saturated rings. The quantitative estimate of drug-likeness (QED) is 0.470. The van der Waals surface area contributed by atoms with E-state index < -0.39 is 10.2 Å². The second-order valence-corrected chi connectivity index (χ2v) is 5.50. The molecule has 0 aliphatic heterocycles. The summed E-state index contributed by atoms with van der Waals surface area (Å²) in [6.45, 7) is 1.04. The molecule has 0 atom stereocenters. The largest absolute Gasteiger partial charge is 0.383 e. The van der Waals surface area contributed by atoms with Crippen molar-refractivity contribution in [1.29, 1.82) is 0 Å². The summed E-state index contributed by atoms with van der Waals surface area (Å²) in [5.41, 5.74) is 6.93. The number of nitrogens with two attached hydrogens (primary N) is 1. The average Bonchev–Trinajstić information content (AvgIpc) is 2.44. The van der Waals surface area contributed by atoms with Gasteiger partial charge in [0, 0.05) is 25.8 Å². The van der Waals surface area contributed by atoms with Crippen molar-refractivity contribution in [3.05, 3.63) is 35.4 Å². The van der Waals surface area contributed by atoms with Crippen LogP contribution in [-0.4, -0.2) is 35.2 Å². The molecule has 7 heteroatoms. The smallest absolute Gasteiger partial charge is 0.277 e. The van der Waals surface area contributed by atoms with Crippen LogP contribution in [0.15, 0.2) is 24.3 Å². The molecule has 4 N–H and O–H groups in total. The predicted octanol–water partition coefficient (Wildman–Crippen LogP) is -0.433. The van der Waals surface area contributed by atoms with Gasteiger partial charge in [-0.2, -0.15) is 17.9 Å². The summed E-state index contributed by atoms with van der Waals surface area (Å²) in [6.07, 6.45) is 0. The molecule has 0 saturated carbocycles. The molecule has 20 heavy (non-hydrogen) atoms. The van der Waals surface area contributed by atoms with E-state index in [9.17, 15) is 8.42 Å². The number of hydrogen-bond donors (Lipinski definition) is 3. The first-order valence-electron chi connectivity index (χ1n) is 6.08. The highest BCUT2D eigenvalue weighted by atomic mass is 32.2. The van der Waals surface area contributed by atoms with Gasteiger partial charge in [-0.05, 0) is 17.7 Å². The van der Waals surface area contributed by atoms with Gasteiger partial charge in [0.2, 0.25) is 0 Å². The molecular formula is C13H19N3O3S. The minimum atomic E-state index is -3.52. The third-order valence-electron chi connectivity index (χ3n) is 2.33. The normalized spacial score (nSPS) is 10.9. The summed E-state index contributed by atoms with van der Waals surface area (Å²) in [5.74, 6) is 5.65. The van der Waals surface area contributed by atoms with Crippen LogP contribution in [-0.2, 0) is 21.5 Å². The van der Waals surface area contributed by atoms with Crippen LogP contribution in [0.4, 0.5) is 0 Å². The van der Waals surface area contributed by atoms with Gasteiger partial charge >= 0.3 is 0 Å². The molecule has 0 aliphatic carbocycles. The summed E-state index contributed by atoms with van der Waals surface area (Å²) < 4.78 is 32.8. The molecule has 1 aromatic carbocycles. The fourth-order valence-corrected chi connectivity index (χ4v) is 2.23. The standard InChI is InChI=1S/C13H19N3O3S/c1-19-9-8-15-20(17,18)16-11-13-5-2-4-12(10-13)6-3-7-14/h2,4-5,10,15-16H,7-9,11,14H2,1H3. The fraction of sp³-hybridized carbons (Fsp3) is 0.385. The maximum atomic E-state index is 11.6. The highest BCUT2D eigenvalue weighted by Gasteiger charge is 2.08. The lowest BCUT2D eigenvalue weighted by atomic mass is 10.1. The van der Waals surface area contributed by atoms with Crippen molar-refractivity contribution in [2.24, 2.45) is 5.73 Å². The third-order valence-corrected chi connectivity index (χ3v) is 3.43. The zero-order chi connectivity index (χ0) is 14.8. The van der Waals surface area contributed by atoms with Crippen LogP contribution in [0.25, 0.3) is 0 Å². The summed E-state index contributed by atoms with van der Waals surface area (Å²) in [6, 6.07) is 7.31.